The zero-order valence-electron chi connectivity index (χ0n) is 12.8. The van der Waals surface area contributed by atoms with Gasteiger partial charge in [-0.15, -0.1) is 0 Å². The Kier molecular flexibility index (Phi) is 5.11. The summed E-state index contributed by atoms with van der Waals surface area (Å²) in [6.07, 6.45) is 1.66. The highest BCUT2D eigenvalue weighted by Crippen LogP contribution is 2.40. The van der Waals surface area contributed by atoms with E-state index in [4.69, 9.17) is 18.6 Å². The molecule has 2 rings (SSSR count). The zero-order valence-corrected chi connectivity index (χ0v) is 12.8. The lowest BCUT2D eigenvalue weighted by atomic mass is 10.0. The van der Waals surface area contributed by atoms with Crippen LogP contribution in [0.15, 0.2) is 34.9 Å². The largest absolute Gasteiger partial charge is 0.493 e. The van der Waals surface area contributed by atoms with E-state index in [2.05, 4.69) is 5.32 Å². The lowest BCUT2D eigenvalue weighted by Crippen LogP contribution is -2.21. The van der Waals surface area contributed by atoms with E-state index in [1.807, 2.05) is 31.2 Å². The molecule has 1 unspecified atom stereocenters. The second kappa shape index (κ2) is 7.04. The summed E-state index contributed by atoms with van der Waals surface area (Å²) in [6, 6.07) is 7.60. The molecule has 1 heterocycles. The molecule has 0 aliphatic carbocycles. The minimum absolute atomic E-state index is 0.0706. The van der Waals surface area contributed by atoms with E-state index in [1.165, 1.54) is 0 Å². The van der Waals surface area contributed by atoms with Crippen LogP contribution in [-0.4, -0.2) is 27.9 Å². The topological polar surface area (TPSA) is 52.9 Å². The van der Waals surface area contributed by atoms with E-state index in [0.717, 1.165) is 17.9 Å². The molecule has 21 heavy (non-hydrogen) atoms. The Balaban J connectivity index is 2.50. The molecule has 0 radical (unpaired) electrons. The fourth-order valence-electron chi connectivity index (χ4n) is 2.31. The first-order valence-electron chi connectivity index (χ1n) is 6.81. The summed E-state index contributed by atoms with van der Waals surface area (Å²) in [4.78, 5) is 0. The molecule has 5 heteroatoms. The van der Waals surface area contributed by atoms with E-state index < -0.39 is 0 Å². The number of rotatable bonds is 7. The average Bonchev–Trinajstić information content (AvgIpc) is 3.05. The van der Waals surface area contributed by atoms with Crippen molar-refractivity contribution in [2.45, 2.75) is 13.0 Å². The first-order valence-corrected chi connectivity index (χ1v) is 6.81. The van der Waals surface area contributed by atoms with Crippen molar-refractivity contribution in [3.63, 3.8) is 0 Å². The highest BCUT2D eigenvalue weighted by molar-refractivity contribution is 5.55. The molecule has 0 fully saturated rings. The van der Waals surface area contributed by atoms with Gasteiger partial charge in [0, 0.05) is 0 Å². The molecule has 0 bridgehead atoms. The van der Waals surface area contributed by atoms with Gasteiger partial charge >= 0.3 is 0 Å². The summed E-state index contributed by atoms with van der Waals surface area (Å²) in [7, 11) is 4.81. The molecule has 5 nitrogen and oxygen atoms in total. The van der Waals surface area contributed by atoms with Gasteiger partial charge in [0.15, 0.2) is 11.5 Å². The van der Waals surface area contributed by atoms with Crippen LogP contribution in [0.4, 0.5) is 0 Å². The third kappa shape index (κ3) is 3.13. The number of hydrogen-bond acceptors (Lipinski definition) is 5. The summed E-state index contributed by atoms with van der Waals surface area (Å²) >= 11 is 0. The minimum atomic E-state index is -0.0706. The van der Waals surface area contributed by atoms with Crippen molar-refractivity contribution >= 4 is 0 Å². The smallest absolute Gasteiger partial charge is 0.203 e. The Bertz CT molecular complexity index is 541. The van der Waals surface area contributed by atoms with Gasteiger partial charge in [-0.25, -0.2) is 0 Å². The number of hydrogen-bond donors (Lipinski definition) is 1. The van der Waals surface area contributed by atoms with E-state index in [9.17, 15) is 0 Å². The molecule has 1 aromatic carbocycles. The second-order valence-corrected chi connectivity index (χ2v) is 4.46. The predicted molar refractivity (Wildman–Crippen MR) is 80.3 cm³/mol. The molecule has 0 aliphatic heterocycles. The van der Waals surface area contributed by atoms with Crippen molar-refractivity contribution in [2.24, 2.45) is 0 Å². The predicted octanol–water partition coefficient (Wildman–Crippen LogP) is 3.00. The molecule has 0 spiro atoms. The van der Waals surface area contributed by atoms with Crippen molar-refractivity contribution in [3.05, 3.63) is 41.9 Å². The maximum absolute atomic E-state index is 5.53. The first kappa shape index (κ1) is 15.3. The number of methoxy groups -OCH3 is 3. The van der Waals surface area contributed by atoms with Crippen molar-refractivity contribution < 1.29 is 18.6 Å². The van der Waals surface area contributed by atoms with Crippen LogP contribution >= 0.6 is 0 Å². The molecule has 1 N–H and O–H groups in total. The summed E-state index contributed by atoms with van der Waals surface area (Å²) < 4.78 is 21.7. The lowest BCUT2D eigenvalue weighted by Gasteiger charge is -2.19. The fourth-order valence-corrected chi connectivity index (χ4v) is 2.31. The van der Waals surface area contributed by atoms with Crippen molar-refractivity contribution in [1.29, 1.82) is 0 Å². The maximum atomic E-state index is 5.53. The van der Waals surface area contributed by atoms with Crippen LogP contribution in [0.5, 0.6) is 17.2 Å². The van der Waals surface area contributed by atoms with Gasteiger partial charge in [-0.2, -0.15) is 0 Å². The molecule has 1 atom stereocenters. The van der Waals surface area contributed by atoms with Crippen LogP contribution in [-0.2, 0) is 0 Å². The Morgan fingerprint density at radius 2 is 1.76 bits per heavy atom. The van der Waals surface area contributed by atoms with Crippen molar-refractivity contribution in [2.75, 3.05) is 27.9 Å². The lowest BCUT2D eigenvalue weighted by molar-refractivity contribution is 0.323. The zero-order chi connectivity index (χ0) is 15.2. The SMILES string of the molecule is CCNC(c1cc(OC)c(OC)c(OC)c1)c1ccco1. The normalized spacial score (nSPS) is 12.0. The van der Waals surface area contributed by atoms with Crippen molar-refractivity contribution in [3.8, 4) is 17.2 Å². The van der Waals surface area contributed by atoms with Gasteiger partial charge in [-0.3, -0.25) is 0 Å². The summed E-state index contributed by atoms with van der Waals surface area (Å²) in [5.41, 5.74) is 0.987. The maximum Gasteiger partial charge on any atom is 0.203 e. The quantitative estimate of drug-likeness (QED) is 0.850. The molecule has 1 aromatic heterocycles. The molecule has 0 saturated heterocycles. The van der Waals surface area contributed by atoms with Crippen LogP contribution in [0.1, 0.15) is 24.3 Å². The summed E-state index contributed by atoms with van der Waals surface area (Å²) in [5, 5.41) is 3.40. The van der Waals surface area contributed by atoms with E-state index in [1.54, 1.807) is 27.6 Å². The van der Waals surface area contributed by atoms with E-state index in [-0.39, 0.29) is 6.04 Å². The molecule has 114 valence electrons. The summed E-state index contributed by atoms with van der Waals surface area (Å²) in [5.74, 6) is 2.67. The van der Waals surface area contributed by atoms with Gasteiger partial charge in [0.25, 0.3) is 0 Å². The Morgan fingerprint density at radius 3 is 2.19 bits per heavy atom. The number of ether oxygens (including phenoxy) is 3. The highest BCUT2D eigenvalue weighted by Gasteiger charge is 2.21. The van der Waals surface area contributed by atoms with Gasteiger partial charge in [0.05, 0.1) is 33.6 Å². The van der Waals surface area contributed by atoms with Crippen LogP contribution in [0.25, 0.3) is 0 Å². The third-order valence-electron chi connectivity index (χ3n) is 3.26. The fraction of sp³-hybridized carbons (Fsp3) is 0.375. The van der Waals surface area contributed by atoms with Gasteiger partial charge in [0.2, 0.25) is 5.75 Å². The van der Waals surface area contributed by atoms with Gasteiger partial charge in [-0.05, 0) is 36.4 Å². The van der Waals surface area contributed by atoms with E-state index >= 15 is 0 Å². The minimum Gasteiger partial charge on any atom is -0.493 e. The van der Waals surface area contributed by atoms with Gasteiger partial charge in [0.1, 0.15) is 5.76 Å². The monoisotopic (exact) mass is 291 g/mol. The second-order valence-electron chi connectivity index (χ2n) is 4.46. The van der Waals surface area contributed by atoms with Crippen LogP contribution in [0.3, 0.4) is 0 Å². The number of benzene rings is 1. The number of furan rings is 1. The molecule has 0 amide bonds. The average molecular weight is 291 g/mol. The highest BCUT2D eigenvalue weighted by atomic mass is 16.5. The van der Waals surface area contributed by atoms with Crippen LogP contribution in [0.2, 0.25) is 0 Å². The first-order chi connectivity index (χ1) is 10.2. The molecule has 0 saturated carbocycles. The van der Waals surface area contributed by atoms with Gasteiger partial charge < -0.3 is 23.9 Å². The molecule has 0 aliphatic rings. The third-order valence-corrected chi connectivity index (χ3v) is 3.26. The van der Waals surface area contributed by atoms with Crippen LogP contribution in [0, 0.1) is 0 Å². The van der Waals surface area contributed by atoms with Crippen molar-refractivity contribution in [1.82, 2.24) is 5.32 Å². The van der Waals surface area contributed by atoms with E-state index in [0.29, 0.717) is 17.2 Å². The molecular weight excluding hydrogens is 270 g/mol. The van der Waals surface area contributed by atoms with Gasteiger partial charge in [-0.1, -0.05) is 6.92 Å². The molecular formula is C16H21NO4. The Hall–Kier alpha value is -2.14. The van der Waals surface area contributed by atoms with Crippen LogP contribution < -0.4 is 19.5 Å². The Morgan fingerprint density at radius 1 is 1.10 bits per heavy atom. The standard InChI is InChI=1S/C16H21NO4/c1-5-17-15(12-7-6-8-21-12)11-9-13(18-2)16(20-4)14(10-11)19-3/h6-10,15,17H,5H2,1-4H3. The molecule has 2 aromatic rings. The number of nitrogens with one attached hydrogen (secondary N) is 1. The summed E-state index contributed by atoms with van der Waals surface area (Å²) in [6.45, 7) is 2.86. The Labute approximate surface area is 124 Å².